The number of hydrogen-bond acceptors (Lipinski definition) is 4. The van der Waals surface area contributed by atoms with Crippen LogP contribution in [-0.4, -0.2) is 44.5 Å². The smallest absolute Gasteiger partial charge is 0.305 e. The van der Waals surface area contributed by atoms with Crippen molar-refractivity contribution in [1.82, 2.24) is 14.5 Å². The zero-order valence-corrected chi connectivity index (χ0v) is 17.9. The van der Waals surface area contributed by atoms with Crippen molar-refractivity contribution in [2.45, 2.75) is 44.3 Å². The summed E-state index contributed by atoms with van der Waals surface area (Å²) in [7, 11) is 1.53. The van der Waals surface area contributed by atoms with Crippen molar-refractivity contribution >= 4 is 36.5 Å². The minimum Gasteiger partial charge on any atom is -0.481 e. The highest BCUT2D eigenvalue weighted by atomic mass is 35.5. The lowest BCUT2D eigenvalue weighted by Gasteiger charge is -2.29. The predicted octanol–water partition coefficient (Wildman–Crippen LogP) is 2.74. The molecule has 30 heavy (non-hydrogen) atoms. The number of fused-ring (bicyclic) bond motifs is 1. The summed E-state index contributed by atoms with van der Waals surface area (Å²) in [6.45, 7) is 0.167. The molecule has 164 valence electrons. The Labute approximate surface area is 183 Å². The van der Waals surface area contributed by atoms with Crippen LogP contribution in [0.2, 0.25) is 0 Å². The largest absolute Gasteiger partial charge is 0.481 e. The maximum atomic E-state index is 14.0. The first-order chi connectivity index (χ1) is 13.7. The van der Waals surface area contributed by atoms with E-state index in [4.69, 9.17) is 23.1 Å². The number of amides is 1. The van der Waals surface area contributed by atoms with Gasteiger partial charge in [-0.05, 0) is 48.7 Å². The summed E-state index contributed by atoms with van der Waals surface area (Å²) in [5, 5.41) is 8.81. The zero-order valence-electron chi connectivity index (χ0n) is 16.2. The van der Waals surface area contributed by atoms with Crippen molar-refractivity contribution in [3.63, 3.8) is 0 Å². The molecule has 0 bridgehead atoms. The topological polar surface area (TPSA) is 104 Å². The highest BCUT2D eigenvalue weighted by Crippen LogP contribution is 2.32. The number of rotatable bonds is 6. The van der Waals surface area contributed by atoms with E-state index >= 15 is 0 Å². The summed E-state index contributed by atoms with van der Waals surface area (Å²) in [6.07, 6.45) is 2.71. The van der Waals surface area contributed by atoms with Gasteiger partial charge in [0.25, 0.3) is 0 Å². The Morgan fingerprint density at radius 3 is 2.80 bits per heavy atom. The van der Waals surface area contributed by atoms with Crippen LogP contribution >= 0.6 is 24.6 Å². The van der Waals surface area contributed by atoms with E-state index in [1.807, 2.05) is 4.57 Å². The number of aliphatic carboxylic acids is 1. The molecular weight excluding hydrogens is 438 g/mol. The van der Waals surface area contributed by atoms with Crippen LogP contribution in [0.3, 0.4) is 0 Å². The monoisotopic (exact) mass is 460 g/mol. The molecule has 1 aliphatic rings. The minimum atomic E-state index is -1.15. The number of aromatic nitrogens is 2. The van der Waals surface area contributed by atoms with Crippen molar-refractivity contribution in [3.05, 3.63) is 51.6 Å². The number of carboxylic acids is 1. The number of likely N-dealkylation sites (N-methyl/N-ethyl adjacent to an activating group) is 1. The van der Waals surface area contributed by atoms with Crippen LogP contribution < -0.4 is 5.73 Å². The molecule has 1 aromatic carbocycles. The number of nitrogens with two attached hydrogens (primary N) is 1. The standard InChI is InChI=1S/C19H22F2N4O3S.ClH/c1-24(18(28)16(22)7-17(26)27)9-13-8-23-19(29)25(13)12-2-3-14-10(5-12)4-11(20)6-15(14)21;/h4,6,8,12,16H,2-3,5,7,9,22H2,1H3,(H,23,29)(H,26,27);1H/t12-,16-;/m0./s1. The minimum absolute atomic E-state index is 0. The molecule has 7 nitrogen and oxygen atoms in total. The Morgan fingerprint density at radius 2 is 2.13 bits per heavy atom. The third-order valence-electron chi connectivity index (χ3n) is 5.18. The van der Waals surface area contributed by atoms with Gasteiger partial charge in [0.05, 0.1) is 24.7 Å². The summed E-state index contributed by atoms with van der Waals surface area (Å²) in [5.41, 5.74) is 7.51. The lowest BCUT2D eigenvalue weighted by Crippen LogP contribution is -2.43. The molecule has 2 aromatic rings. The summed E-state index contributed by atoms with van der Waals surface area (Å²) >= 11 is 5.38. The second-order valence-corrected chi connectivity index (χ2v) is 7.66. The van der Waals surface area contributed by atoms with Gasteiger partial charge in [-0.15, -0.1) is 12.4 Å². The Bertz CT molecular complexity index is 1010. The molecule has 0 unspecified atom stereocenters. The average Bonchev–Trinajstić information content (AvgIpc) is 2.99. The number of nitrogens with zero attached hydrogens (tertiary/aromatic N) is 2. The van der Waals surface area contributed by atoms with Crippen LogP contribution in [0.4, 0.5) is 8.78 Å². The molecule has 0 radical (unpaired) electrons. The van der Waals surface area contributed by atoms with Crippen LogP contribution in [-0.2, 0) is 29.0 Å². The molecule has 0 fully saturated rings. The summed E-state index contributed by atoms with van der Waals surface area (Å²) in [4.78, 5) is 27.4. The third kappa shape index (κ3) is 5.05. The molecule has 1 heterocycles. The number of carboxylic acid groups (broad SMARTS) is 1. The average molecular weight is 461 g/mol. The van der Waals surface area contributed by atoms with E-state index in [-0.39, 0.29) is 25.0 Å². The van der Waals surface area contributed by atoms with Crippen LogP contribution in [0.15, 0.2) is 18.3 Å². The highest BCUT2D eigenvalue weighted by molar-refractivity contribution is 7.71. The van der Waals surface area contributed by atoms with Crippen molar-refractivity contribution in [1.29, 1.82) is 0 Å². The fourth-order valence-corrected chi connectivity index (χ4v) is 4.15. The number of carbonyl (C=O) groups is 2. The summed E-state index contributed by atoms with van der Waals surface area (Å²) in [5.74, 6) is -2.79. The van der Waals surface area contributed by atoms with E-state index in [1.54, 1.807) is 6.20 Å². The Balaban J connectivity index is 0.00000320. The number of aromatic amines is 1. The first-order valence-corrected chi connectivity index (χ1v) is 9.56. The molecule has 0 spiro atoms. The number of nitrogens with one attached hydrogen (secondary N) is 1. The summed E-state index contributed by atoms with van der Waals surface area (Å²) < 4.78 is 30.0. The van der Waals surface area contributed by atoms with E-state index in [9.17, 15) is 18.4 Å². The maximum Gasteiger partial charge on any atom is 0.305 e. The molecular formula is C19H23ClF2N4O3S. The fraction of sp³-hybridized carbons (Fsp3) is 0.421. The van der Waals surface area contributed by atoms with Gasteiger partial charge in [-0.3, -0.25) is 9.59 Å². The maximum absolute atomic E-state index is 14.0. The van der Waals surface area contributed by atoms with Crippen LogP contribution in [0.5, 0.6) is 0 Å². The molecule has 3 rings (SSSR count). The van der Waals surface area contributed by atoms with E-state index in [1.165, 1.54) is 18.0 Å². The lowest BCUT2D eigenvalue weighted by molar-refractivity contribution is -0.141. The zero-order chi connectivity index (χ0) is 21.3. The summed E-state index contributed by atoms with van der Waals surface area (Å²) in [6, 6.07) is 0.989. The number of H-pyrrole nitrogens is 1. The van der Waals surface area contributed by atoms with Gasteiger partial charge in [0, 0.05) is 25.4 Å². The normalized spacial score (nSPS) is 16.3. The Kier molecular flexibility index (Phi) is 7.73. The van der Waals surface area contributed by atoms with Crippen molar-refractivity contribution in [3.8, 4) is 0 Å². The molecule has 1 aromatic heterocycles. The van der Waals surface area contributed by atoms with E-state index in [0.717, 1.165) is 6.07 Å². The molecule has 4 N–H and O–H groups in total. The molecule has 0 saturated carbocycles. The number of imidazole rings is 1. The van der Waals surface area contributed by atoms with Crippen LogP contribution in [0.1, 0.15) is 35.7 Å². The Hall–Kier alpha value is -2.30. The second-order valence-electron chi connectivity index (χ2n) is 7.28. The highest BCUT2D eigenvalue weighted by Gasteiger charge is 2.27. The lowest BCUT2D eigenvalue weighted by atomic mass is 9.87. The van der Waals surface area contributed by atoms with Crippen LogP contribution in [0, 0.1) is 16.4 Å². The van der Waals surface area contributed by atoms with Gasteiger partial charge in [0.1, 0.15) is 11.6 Å². The SMILES string of the molecule is CN(Cc1c[nH]c(=S)n1[C@H]1CCc2c(F)cc(F)cc2C1)C(=O)[C@@H](N)CC(=O)O.Cl. The molecule has 2 atom stereocenters. The number of carbonyl (C=O) groups excluding carboxylic acids is 1. The van der Waals surface area contributed by atoms with Crippen molar-refractivity contribution < 1.29 is 23.5 Å². The number of benzene rings is 1. The second kappa shape index (κ2) is 9.67. The molecule has 11 heteroatoms. The van der Waals surface area contributed by atoms with Gasteiger partial charge in [-0.1, -0.05) is 0 Å². The molecule has 0 aliphatic heterocycles. The first kappa shape index (κ1) is 24.0. The fourth-order valence-electron chi connectivity index (χ4n) is 3.82. The quantitative estimate of drug-likeness (QED) is 0.575. The number of halogens is 3. The molecule has 1 amide bonds. The molecule has 1 aliphatic carbocycles. The van der Waals surface area contributed by atoms with E-state index < -0.39 is 36.0 Å². The third-order valence-corrected chi connectivity index (χ3v) is 5.49. The number of hydrogen-bond donors (Lipinski definition) is 3. The molecule has 0 saturated heterocycles. The van der Waals surface area contributed by atoms with Gasteiger partial charge in [0.2, 0.25) is 5.91 Å². The van der Waals surface area contributed by atoms with Crippen molar-refractivity contribution in [2.75, 3.05) is 7.05 Å². The predicted molar refractivity (Wildman–Crippen MR) is 111 cm³/mol. The van der Waals surface area contributed by atoms with Crippen molar-refractivity contribution in [2.24, 2.45) is 5.73 Å². The van der Waals surface area contributed by atoms with E-state index in [0.29, 0.717) is 40.9 Å². The van der Waals surface area contributed by atoms with E-state index in [2.05, 4.69) is 4.98 Å². The van der Waals surface area contributed by atoms with Gasteiger partial charge in [-0.25, -0.2) is 8.78 Å². The van der Waals surface area contributed by atoms with Crippen LogP contribution in [0.25, 0.3) is 0 Å². The van der Waals surface area contributed by atoms with Gasteiger partial charge in [-0.2, -0.15) is 0 Å². The van der Waals surface area contributed by atoms with Gasteiger partial charge < -0.3 is 25.3 Å². The first-order valence-electron chi connectivity index (χ1n) is 9.15. The Morgan fingerprint density at radius 1 is 1.43 bits per heavy atom. The van der Waals surface area contributed by atoms with Gasteiger partial charge in [0.15, 0.2) is 4.77 Å². The van der Waals surface area contributed by atoms with Gasteiger partial charge >= 0.3 is 5.97 Å².